The van der Waals surface area contributed by atoms with Crippen molar-refractivity contribution in [2.24, 2.45) is 7.05 Å². The molecule has 5 heteroatoms. The molecule has 0 aliphatic carbocycles. The van der Waals surface area contributed by atoms with Crippen LogP contribution in [-0.4, -0.2) is 16.9 Å². The molecule has 2 rings (SSSR count). The van der Waals surface area contributed by atoms with Crippen LogP contribution in [0.2, 0.25) is 0 Å². The standard InChI is InChI=1S/C13H18N4O/c1-9-4-5-10(6-12(9)14)15-8-11-7-13(18-3)17(2)16-11/h4-7,15H,8,14H2,1-3H3. The molecule has 0 aliphatic rings. The smallest absolute Gasteiger partial charge is 0.211 e. The van der Waals surface area contributed by atoms with Crippen molar-refractivity contribution in [3.8, 4) is 5.88 Å². The predicted octanol–water partition coefficient (Wildman–Crippen LogP) is 1.93. The Balaban J connectivity index is 2.04. The molecule has 2 aromatic rings. The van der Waals surface area contributed by atoms with E-state index in [-0.39, 0.29) is 0 Å². The first-order valence-corrected chi connectivity index (χ1v) is 5.77. The maximum absolute atomic E-state index is 5.86. The lowest BCUT2D eigenvalue weighted by atomic mass is 10.2. The summed E-state index contributed by atoms with van der Waals surface area (Å²) in [5.41, 5.74) is 9.65. The zero-order valence-electron chi connectivity index (χ0n) is 10.9. The van der Waals surface area contributed by atoms with Crippen LogP contribution >= 0.6 is 0 Å². The molecule has 0 atom stereocenters. The average molecular weight is 246 g/mol. The molecule has 3 N–H and O–H groups in total. The summed E-state index contributed by atoms with van der Waals surface area (Å²) in [4.78, 5) is 0. The molecule has 18 heavy (non-hydrogen) atoms. The minimum absolute atomic E-state index is 0.639. The van der Waals surface area contributed by atoms with E-state index in [1.165, 1.54) is 0 Å². The summed E-state index contributed by atoms with van der Waals surface area (Å²) in [6, 6.07) is 7.84. The number of anilines is 2. The van der Waals surface area contributed by atoms with Crippen molar-refractivity contribution in [2.75, 3.05) is 18.2 Å². The van der Waals surface area contributed by atoms with Crippen LogP contribution in [0.1, 0.15) is 11.3 Å². The molecule has 0 spiro atoms. The maximum Gasteiger partial charge on any atom is 0.211 e. The molecule has 0 aliphatic heterocycles. The maximum atomic E-state index is 5.86. The molecule has 96 valence electrons. The van der Waals surface area contributed by atoms with Crippen molar-refractivity contribution in [3.05, 3.63) is 35.5 Å². The van der Waals surface area contributed by atoms with E-state index in [2.05, 4.69) is 10.4 Å². The highest BCUT2D eigenvalue weighted by molar-refractivity contribution is 5.58. The number of rotatable bonds is 4. The third-order valence-electron chi connectivity index (χ3n) is 2.85. The highest BCUT2D eigenvalue weighted by Crippen LogP contribution is 2.18. The van der Waals surface area contributed by atoms with E-state index in [9.17, 15) is 0 Å². The highest BCUT2D eigenvalue weighted by Gasteiger charge is 2.04. The number of hydrogen-bond acceptors (Lipinski definition) is 4. The van der Waals surface area contributed by atoms with Gasteiger partial charge in [-0.25, -0.2) is 4.68 Å². The first-order chi connectivity index (χ1) is 8.60. The highest BCUT2D eigenvalue weighted by atomic mass is 16.5. The van der Waals surface area contributed by atoms with Crippen molar-refractivity contribution >= 4 is 11.4 Å². The Hall–Kier alpha value is -2.17. The molecule has 0 saturated heterocycles. The molecule has 1 heterocycles. The van der Waals surface area contributed by atoms with Crippen LogP contribution in [0.15, 0.2) is 24.3 Å². The van der Waals surface area contributed by atoms with E-state index in [0.717, 1.165) is 28.5 Å². The number of aromatic nitrogens is 2. The molecule has 0 amide bonds. The molecule has 0 radical (unpaired) electrons. The summed E-state index contributed by atoms with van der Waals surface area (Å²) in [6.45, 7) is 2.63. The van der Waals surface area contributed by atoms with Gasteiger partial charge in [0.05, 0.1) is 19.3 Å². The minimum atomic E-state index is 0.639. The second kappa shape index (κ2) is 5.00. The van der Waals surface area contributed by atoms with Crippen LogP contribution in [0.4, 0.5) is 11.4 Å². The van der Waals surface area contributed by atoms with Crippen molar-refractivity contribution in [3.63, 3.8) is 0 Å². The van der Waals surface area contributed by atoms with Gasteiger partial charge in [-0.1, -0.05) is 6.07 Å². The first kappa shape index (κ1) is 12.3. The Kier molecular flexibility index (Phi) is 3.41. The molecule has 0 fully saturated rings. The van der Waals surface area contributed by atoms with Crippen molar-refractivity contribution in [1.82, 2.24) is 9.78 Å². The second-order valence-corrected chi connectivity index (χ2v) is 4.23. The predicted molar refractivity (Wildman–Crippen MR) is 72.7 cm³/mol. The summed E-state index contributed by atoms with van der Waals surface area (Å²) in [5.74, 6) is 0.746. The normalized spacial score (nSPS) is 10.4. The van der Waals surface area contributed by atoms with Crippen LogP contribution in [-0.2, 0) is 13.6 Å². The van der Waals surface area contributed by atoms with Gasteiger partial charge in [0, 0.05) is 24.5 Å². The number of methoxy groups -OCH3 is 1. The second-order valence-electron chi connectivity index (χ2n) is 4.23. The van der Waals surface area contributed by atoms with E-state index >= 15 is 0 Å². The average Bonchev–Trinajstić information content (AvgIpc) is 2.71. The largest absolute Gasteiger partial charge is 0.481 e. The quantitative estimate of drug-likeness (QED) is 0.809. The number of hydrogen-bond donors (Lipinski definition) is 2. The van der Waals surface area contributed by atoms with Gasteiger partial charge in [-0.15, -0.1) is 0 Å². The summed E-state index contributed by atoms with van der Waals surface area (Å²) < 4.78 is 6.87. The van der Waals surface area contributed by atoms with E-state index in [0.29, 0.717) is 6.54 Å². The van der Waals surface area contributed by atoms with Crippen LogP contribution in [0.3, 0.4) is 0 Å². The zero-order valence-corrected chi connectivity index (χ0v) is 10.9. The topological polar surface area (TPSA) is 65.1 Å². The molecule has 0 unspecified atom stereocenters. The number of benzene rings is 1. The Bertz CT molecular complexity index is 548. The Morgan fingerprint density at radius 1 is 1.39 bits per heavy atom. The van der Waals surface area contributed by atoms with Crippen LogP contribution in [0.25, 0.3) is 0 Å². The van der Waals surface area contributed by atoms with Gasteiger partial charge in [-0.05, 0) is 24.6 Å². The van der Waals surface area contributed by atoms with Gasteiger partial charge >= 0.3 is 0 Å². The lowest BCUT2D eigenvalue weighted by Crippen LogP contribution is -2.02. The fraction of sp³-hybridized carbons (Fsp3) is 0.308. The SMILES string of the molecule is COc1cc(CNc2ccc(C)c(N)c2)nn1C. The van der Waals surface area contributed by atoms with Gasteiger partial charge in [-0.3, -0.25) is 0 Å². The van der Waals surface area contributed by atoms with Crippen molar-refractivity contribution < 1.29 is 4.74 Å². The number of nitrogens with two attached hydrogens (primary N) is 1. The van der Waals surface area contributed by atoms with E-state index in [1.807, 2.05) is 38.2 Å². The van der Waals surface area contributed by atoms with Crippen molar-refractivity contribution in [2.45, 2.75) is 13.5 Å². The van der Waals surface area contributed by atoms with Gasteiger partial charge in [-0.2, -0.15) is 5.10 Å². The van der Waals surface area contributed by atoms with Crippen LogP contribution < -0.4 is 15.8 Å². The fourth-order valence-corrected chi connectivity index (χ4v) is 1.73. The fourth-order valence-electron chi connectivity index (χ4n) is 1.73. The summed E-state index contributed by atoms with van der Waals surface area (Å²) in [6.07, 6.45) is 0. The number of nitrogens with zero attached hydrogens (tertiary/aromatic N) is 2. The van der Waals surface area contributed by atoms with Crippen molar-refractivity contribution in [1.29, 1.82) is 0 Å². The molecular weight excluding hydrogens is 228 g/mol. The van der Waals surface area contributed by atoms with E-state index in [1.54, 1.807) is 11.8 Å². The number of nitrogen functional groups attached to an aromatic ring is 1. The molecule has 0 saturated carbocycles. The summed E-state index contributed by atoms with van der Waals surface area (Å²) in [7, 11) is 3.49. The van der Waals surface area contributed by atoms with Crippen LogP contribution in [0.5, 0.6) is 5.88 Å². The molecule has 1 aromatic carbocycles. The van der Waals surface area contributed by atoms with E-state index in [4.69, 9.17) is 10.5 Å². The first-order valence-electron chi connectivity index (χ1n) is 5.77. The number of aryl methyl sites for hydroxylation is 2. The molecule has 5 nitrogen and oxygen atoms in total. The van der Waals surface area contributed by atoms with Gasteiger partial charge in [0.15, 0.2) is 0 Å². The Morgan fingerprint density at radius 2 is 2.17 bits per heavy atom. The Morgan fingerprint density at radius 3 is 2.78 bits per heavy atom. The third kappa shape index (κ3) is 2.56. The minimum Gasteiger partial charge on any atom is -0.481 e. The summed E-state index contributed by atoms with van der Waals surface area (Å²) in [5, 5.41) is 7.62. The lowest BCUT2D eigenvalue weighted by molar-refractivity contribution is 0.373. The third-order valence-corrected chi connectivity index (χ3v) is 2.85. The molecule has 1 aromatic heterocycles. The van der Waals surface area contributed by atoms with Crippen LogP contribution in [0, 0.1) is 6.92 Å². The molecular formula is C13H18N4O. The van der Waals surface area contributed by atoms with E-state index < -0.39 is 0 Å². The number of nitrogens with one attached hydrogen (secondary N) is 1. The monoisotopic (exact) mass is 246 g/mol. The molecule has 0 bridgehead atoms. The zero-order chi connectivity index (χ0) is 13.1. The number of ether oxygens (including phenoxy) is 1. The summed E-state index contributed by atoms with van der Waals surface area (Å²) >= 11 is 0. The van der Waals surface area contributed by atoms with Gasteiger partial charge in [0.1, 0.15) is 0 Å². The van der Waals surface area contributed by atoms with Gasteiger partial charge < -0.3 is 15.8 Å². The Labute approximate surface area is 107 Å². The van der Waals surface area contributed by atoms with Gasteiger partial charge in [0.2, 0.25) is 5.88 Å². The van der Waals surface area contributed by atoms with Gasteiger partial charge in [0.25, 0.3) is 0 Å². The lowest BCUT2D eigenvalue weighted by Gasteiger charge is -2.06.